The number of aromatic nitrogens is 1. The molecule has 1 saturated carbocycles. The highest BCUT2D eigenvalue weighted by Crippen LogP contribution is 2.40. The molecule has 0 spiro atoms. The molecule has 1 aromatic heterocycles. The second kappa shape index (κ2) is 8.80. The topological polar surface area (TPSA) is 63.3 Å². The van der Waals surface area contributed by atoms with E-state index >= 15 is 0 Å². The van der Waals surface area contributed by atoms with E-state index in [0.717, 1.165) is 23.5 Å². The number of guanidine groups is 1. The molecule has 0 radical (unpaired) electrons. The van der Waals surface area contributed by atoms with Gasteiger partial charge in [-0.3, -0.25) is 0 Å². The maximum Gasteiger partial charge on any atom is 0.193 e. The highest BCUT2D eigenvalue weighted by atomic mass is 127. The average molecular weight is 456 g/mol. The van der Waals surface area contributed by atoms with Gasteiger partial charge in [-0.25, -0.2) is 9.98 Å². The van der Waals surface area contributed by atoms with Crippen LogP contribution in [0.3, 0.4) is 0 Å². The molecule has 0 atom stereocenters. The van der Waals surface area contributed by atoms with E-state index in [-0.39, 0.29) is 24.0 Å². The highest BCUT2D eigenvalue weighted by molar-refractivity contribution is 14.0. The Balaban J connectivity index is 0.00000208. The summed E-state index contributed by atoms with van der Waals surface area (Å²) in [5, 5.41) is 6.50. The Hall–Kier alpha value is -1.15. The van der Waals surface area contributed by atoms with Crippen molar-refractivity contribution in [3.8, 4) is 0 Å². The average Bonchev–Trinajstić information content (AvgIpc) is 3.31. The number of nitrogens with zero attached hydrogens (tertiary/aromatic N) is 2. The summed E-state index contributed by atoms with van der Waals surface area (Å²) in [5.74, 6) is 1.16. The molecule has 1 fully saturated rings. The van der Waals surface area contributed by atoms with Crippen LogP contribution < -0.4 is 11.1 Å². The van der Waals surface area contributed by atoms with Gasteiger partial charge in [-0.1, -0.05) is 32.0 Å². The van der Waals surface area contributed by atoms with Crippen LogP contribution in [0.5, 0.6) is 0 Å². The van der Waals surface area contributed by atoms with Crippen molar-refractivity contribution in [3.05, 3.63) is 45.4 Å². The fourth-order valence-electron chi connectivity index (χ4n) is 2.69. The number of hydrogen-bond acceptors (Lipinski definition) is 3. The summed E-state index contributed by atoms with van der Waals surface area (Å²) < 4.78 is 0. The predicted molar refractivity (Wildman–Crippen MR) is 114 cm³/mol. The van der Waals surface area contributed by atoms with E-state index in [2.05, 4.69) is 52.7 Å². The molecule has 6 heteroatoms. The molecular formula is C18H25IN4S. The minimum absolute atomic E-state index is 0. The highest BCUT2D eigenvalue weighted by Gasteiger charge is 2.25. The Kier molecular flexibility index (Phi) is 7.03. The quantitative estimate of drug-likeness (QED) is 0.377. The lowest BCUT2D eigenvalue weighted by molar-refractivity contribution is 0.970. The summed E-state index contributed by atoms with van der Waals surface area (Å²) in [6.07, 6.45) is 4.51. The molecule has 0 bridgehead atoms. The van der Waals surface area contributed by atoms with Crippen LogP contribution in [-0.2, 0) is 19.4 Å². The maximum atomic E-state index is 6.10. The van der Waals surface area contributed by atoms with Gasteiger partial charge in [0.1, 0.15) is 5.01 Å². The van der Waals surface area contributed by atoms with E-state index in [1.54, 1.807) is 11.3 Å². The van der Waals surface area contributed by atoms with E-state index in [0.29, 0.717) is 18.4 Å². The Bertz CT molecular complexity index is 685. The molecule has 24 heavy (non-hydrogen) atoms. The van der Waals surface area contributed by atoms with Crippen LogP contribution in [-0.4, -0.2) is 10.9 Å². The van der Waals surface area contributed by atoms with Crippen molar-refractivity contribution in [2.24, 2.45) is 10.7 Å². The zero-order valence-electron chi connectivity index (χ0n) is 14.2. The first-order chi connectivity index (χ1) is 11.2. The molecular weight excluding hydrogens is 431 g/mol. The first-order valence-electron chi connectivity index (χ1n) is 8.33. The smallest absolute Gasteiger partial charge is 0.193 e. The molecule has 3 rings (SSSR count). The molecule has 3 N–H and O–H groups in total. The van der Waals surface area contributed by atoms with E-state index in [1.807, 2.05) is 0 Å². The number of anilines is 1. The molecule has 0 saturated heterocycles. The lowest BCUT2D eigenvalue weighted by Crippen LogP contribution is -2.24. The lowest BCUT2D eigenvalue weighted by Gasteiger charge is -2.14. The molecule has 0 aliphatic heterocycles. The first-order valence-corrected chi connectivity index (χ1v) is 9.21. The molecule has 0 amide bonds. The zero-order chi connectivity index (χ0) is 16.2. The minimum Gasteiger partial charge on any atom is -0.370 e. The number of rotatable bonds is 6. The predicted octanol–water partition coefficient (Wildman–Crippen LogP) is 4.69. The van der Waals surface area contributed by atoms with Gasteiger partial charge >= 0.3 is 0 Å². The summed E-state index contributed by atoms with van der Waals surface area (Å²) in [7, 11) is 0. The van der Waals surface area contributed by atoms with Gasteiger partial charge in [0, 0.05) is 17.0 Å². The Morgan fingerprint density at radius 2 is 1.96 bits per heavy atom. The molecule has 1 aliphatic rings. The van der Waals surface area contributed by atoms with E-state index in [9.17, 15) is 0 Å². The molecule has 2 aromatic rings. The monoisotopic (exact) mass is 456 g/mol. The summed E-state index contributed by atoms with van der Waals surface area (Å²) >= 11 is 1.68. The van der Waals surface area contributed by atoms with Crippen molar-refractivity contribution in [1.29, 1.82) is 0 Å². The molecule has 0 unspecified atom stereocenters. The number of nitrogens with two attached hydrogens (primary N) is 1. The van der Waals surface area contributed by atoms with Crippen molar-refractivity contribution in [2.45, 2.75) is 52.0 Å². The van der Waals surface area contributed by atoms with Gasteiger partial charge < -0.3 is 11.1 Å². The number of aliphatic imine (C=N–C) groups is 1. The van der Waals surface area contributed by atoms with Crippen LogP contribution in [0.25, 0.3) is 0 Å². The summed E-state index contributed by atoms with van der Waals surface area (Å²) in [6, 6.07) is 6.38. The third-order valence-electron chi connectivity index (χ3n) is 4.20. The Morgan fingerprint density at radius 1 is 1.29 bits per heavy atom. The third kappa shape index (κ3) is 4.69. The molecule has 130 valence electrons. The second-order valence-corrected chi connectivity index (χ2v) is 6.87. The van der Waals surface area contributed by atoms with Crippen molar-refractivity contribution in [2.75, 3.05) is 5.32 Å². The van der Waals surface area contributed by atoms with E-state index < -0.39 is 0 Å². The summed E-state index contributed by atoms with van der Waals surface area (Å²) in [5.41, 5.74) is 11.0. The van der Waals surface area contributed by atoms with Gasteiger partial charge in [-0.15, -0.1) is 35.3 Å². The fourth-order valence-corrected chi connectivity index (χ4v) is 3.49. The van der Waals surface area contributed by atoms with Crippen LogP contribution in [0.2, 0.25) is 0 Å². The van der Waals surface area contributed by atoms with E-state index in [1.165, 1.54) is 29.7 Å². The largest absolute Gasteiger partial charge is 0.370 e. The maximum absolute atomic E-state index is 6.10. The van der Waals surface area contributed by atoms with E-state index in [4.69, 9.17) is 5.73 Å². The SMILES string of the molecule is CCc1cccc(CC)c1NC(N)=NCc1nc(C2CC2)cs1.I. The number of nitrogens with one attached hydrogen (secondary N) is 1. The van der Waals surface area contributed by atoms with Gasteiger partial charge in [0.2, 0.25) is 0 Å². The van der Waals surface area contributed by atoms with Crippen molar-refractivity contribution in [3.63, 3.8) is 0 Å². The number of para-hydroxylation sites is 1. The number of hydrogen-bond donors (Lipinski definition) is 2. The van der Waals surface area contributed by atoms with Crippen LogP contribution in [0.4, 0.5) is 5.69 Å². The summed E-state index contributed by atoms with van der Waals surface area (Å²) in [6.45, 7) is 4.86. The molecule has 4 nitrogen and oxygen atoms in total. The number of halogens is 1. The van der Waals surface area contributed by atoms with Crippen molar-refractivity contribution in [1.82, 2.24) is 4.98 Å². The molecule has 1 aliphatic carbocycles. The van der Waals surface area contributed by atoms with Gasteiger partial charge in [-0.05, 0) is 36.8 Å². The number of thiazole rings is 1. The molecule has 1 heterocycles. The Labute approximate surface area is 165 Å². The first kappa shape index (κ1) is 19.2. The second-order valence-electron chi connectivity index (χ2n) is 5.93. The number of benzene rings is 1. The zero-order valence-corrected chi connectivity index (χ0v) is 17.4. The van der Waals surface area contributed by atoms with Crippen molar-refractivity contribution < 1.29 is 0 Å². The van der Waals surface area contributed by atoms with Crippen molar-refractivity contribution >= 4 is 47.0 Å². The fraction of sp³-hybridized carbons (Fsp3) is 0.444. The standard InChI is InChI=1S/C18H24N4S.HI/c1-3-12-6-5-7-13(4-2)17(12)22-18(19)20-10-16-21-15(11-23-16)14-8-9-14;/h5-7,11,14H,3-4,8-10H2,1-2H3,(H3,19,20,22);1H. The lowest BCUT2D eigenvalue weighted by atomic mass is 10.0. The van der Waals surface area contributed by atoms with Crippen LogP contribution in [0.15, 0.2) is 28.6 Å². The summed E-state index contributed by atoms with van der Waals surface area (Å²) in [4.78, 5) is 9.11. The Morgan fingerprint density at radius 3 is 2.54 bits per heavy atom. The normalized spacial score (nSPS) is 14.3. The third-order valence-corrected chi connectivity index (χ3v) is 5.05. The van der Waals surface area contributed by atoms with Gasteiger partial charge in [0.15, 0.2) is 5.96 Å². The van der Waals surface area contributed by atoms with Gasteiger partial charge in [0.05, 0.1) is 12.2 Å². The van der Waals surface area contributed by atoms with Crippen LogP contribution in [0.1, 0.15) is 54.4 Å². The van der Waals surface area contributed by atoms with Gasteiger partial charge in [0.25, 0.3) is 0 Å². The van der Waals surface area contributed by atoms with Crippen LogP contribution >= 0.6 is 35.3 Å². The van der Waals surface area contributed by atoms with Gasteiger partial charge in [-0.2, -0.15) is 0 Å². The minimum atomic E-state index is 0. The van der Waals surface area contributed by atoms with Crippen LogP contribution in [0, 0.1) is 0 Å². The molecule has 1 aromatic carbocycles. The number of aryl methyl sites for hydroxylation is 2.